The molecule has 0 fully saturated rings. The minimum atomic E-state index is -0.299. The third kappa shape index (κ3) is 5.07. The smallest absolute Gasteiger partial charge is 0.250 e. The predicted molar refractivity (Wildman–Crippen MR) is 133 cm³/mol. The van der Waals surface area contributed by atoms with E-state index in [1.54, 1.807) is 10.9 Å². The van der Waals surface area contributed by atoms with Crippen LogP contribution >= 0.6 is 12.2 Å². The first-order valence-corrected chi connectivity index (χ1v) is 10.7. The zero-order valence-electron chi connectivity index (χ0n) is 17.9. The Balaban J connectivity index is 1.46. The Bertz CT molecular complexity index is 1290. The lowest BCUT2D eigenvalue weighted by molar-refractivity contribution is -0.115. The highest BCUT2D eigenvalue weighted by atomic mass is 32.1. The molecule has 0 saturated heterocycles. The van der Waals surface area contributed by atoms with Crippen LogP contribution in [0.4, 0.5) is 5.69 Å². The maximum absolute atomic E-state index is 12.2. The number of hydrogen-bond acceptors (Lipinski definition) is 4. The normalized spacial score (nSPS) is 11.1. The van der Waals surface area contributed by atoms with Crippen LogP contribution in [-0.4, -0.2) is 26.0 Å². The summed E-state index contributed by atoms with van der Waals surface area (Å²) in [5.74, 6) is -0.299. The molecule has 3 aromatic carbocycles. The second-order valence-corrected chi connectivity index (χ2v) is 7.76. The summed E-state index contributed by atoms with van der Waals surface area (Å²) in [6.45, 7) is 4.08. The van der Waals surface area contributed by atoms with Crippen molar-refractivity contribution in [3.05, 3.63) is 89.5 Å². The quantitative estimate of drug-likeness (QED) is 0.343. The van der Waals surface area contributed by atoms with Crippen LogP contribution in [0.25, 0.3) is 22.8 Å². The first kappa shape index (κ1) is 21.4. The molecule has 0 aliphatic carbocycles. The molecule has 4 rings (SSSR count). The van der Waals surface area contributed by atoms with Gasteiger partial charge in [-0.1, -0.05) is 49.4 Å². The molecule has 1 heterocycles. The molecule has 0 radical (unpaired) electrons. The summed E-state index contributed by atoms with van der Waals surface area (Å²) in [6.07, 6.45) is 4.18. The maximum Gasteiger partial charge on any atom is 0.250 e. The monoisotopic (exact) mass is 441 g/mol. The number of amides is 1. The Hall–Kier alpha value is -3.84. The summed E-state index contributed by atoms with van der Waals surface area (Å²) >= 11 is 5.31. The minimum absolute atomic E-state index is 0.220. The molecule has 1 aromatic heterocycles. The molecule has 0 bridgehead atoms. The van der Waals surface area contributed by atoms with Crippen LogP contribution < -0.4 is 10.6 Å². The van der Waals surface area contributed by atoms with Crippen LogP contribution in [0.15, 0.2) is 72.8 Å². The zero-order valence-corrected chi connectivity index (χ0v) is 18.7. The number of anilines is 1. The number of nitrogens with zero attached hydrogens (tertiary/aromatic N) is 3. The van der Waals surface area contributed by atoms with E-state index in [0.29, 0.717) is 0 Å². The van der Waals surface area contributed by atoms with Crippen LogP contribution in [0.5, 0.6) is 0 Å². The second kappa shape index (κ2) is 9.53. The lowest BCUT2D eigenvalue weighted by Gasteiger charge is -2.10. The van der Waals surface area contributed by atoms with Crippen LogP contribution in [0.1, 0.15) is 23.6 Å². The Kier molecular flexibility index (Phi) is 6.37. The number of rotatable bonds is 5. The highest BCUT2D eigenvalue weighted by Crippen LogP contribution is 2.22. The minimum Gasteiger partial charge on any atom is -0.332 e. The largest absolute Gasteiger partial charge is 0.332 e. The number of nitrogens with one attached hydrogen (secondary N) is 2. The van der Waals surface area contributed by atoms with E-state index in [1.165, 1.54) is 11.6 Å². The first-order chi connectivity index (χ1) is 15.5. The molecular weight excluding hydrogens is 418 g/mol. The molecular formula is C25H23N5OS. The van der Waals surface area contributed by atoms with Gasteiger partial charge in [-0.2, -0.15) is 4.80 Å². The molecule has 2 N–H and O–H groups in total. The van der Waals surface area contributed by atoms with Gasteiger partial charge in [0.2, 0.25) is 5.91 Å². The molecule has 0 spiro atoms. The molecule has 0 aliphatic heterocycles. The number of hydrogen-bond donors (Lipinski definition) is 2. The van der Waals surface area contributed by atoms with Crippen molar-refractivity contribution < 1.29 is 4.79 Å². The number of thiocarbonyl (C=S) groups is 1. The van der Waals surface area contributed by atoms with E-state index in [9.17, 15) is 4.79 Å². The van der Waals surface area contributed by atoms with Crippen molar-refractivity contribution in [1.29, 1.82) is 0 Å². The Morgan fingerprint density at radius 1 is 1.03 bits per heavy atom. The second-order valence-electron chi connectivity index (χ2n) is 7.35. The fourth-order valence-corrected chi connectivity index (χ4v) is 3.44. The fourth-order valence-electron chi connectivity index (χ4n) is 3.23. The first-order valence-electron chi connectivity index (χ1n) is 10.3. The SMILES string of the molecule is CCc1ccc(-n2nc3cc(C)c(NC(=S)NC(=O)/C=C/c4ccccc4)cc3n2)cc1. The average Bonchev–Trinajstić information content (AvgIpc) is 3.21. The molecule has 160 valence electrons. The molecule has 0 saturated carbocycles. The molecule has 0 atom stereocenters. The number of benzene rings is 3. The number of carbonyl (C=O) groups excluding carboxylic acids is 1. The predicted octanol–water partition coefficient (Wildman–Crippen LogP) is 4.82. The van der Waals surface area contributed by atoms with Gasteiger partial charge in [0, 0.05) is 11.8 Å². The molecule has 1 amide bonds. The van der Waals surface area contributed by atoms with E-state index >= 15 is 0 Å². The van der Waals surface area contributed by atoms with Crippen molar-refractivity contribution in [3.63, 3.8) is 0 Å². The van der Waals surface area contributed by atoms with Gasteiger partial charge < -0.3 is 5.32 Å². The van der Waals surface area contributed by atoms with Gasteiger partial charge in [0.05, 0.1) is 5.69 Å². The maximum atomic E-state index is 12.2. The van der Waals surface area contributed by atoms with Gasteiger partial charge in [0.1, 0.15) is 11.0 Å². The molecule has 0 aliphatic rings. The summed E-state index contributed by atoms with van der Waals surface area (Å²) in [6, 6.07) is 21.6. The van der Waals surface area contributed by atoms with Gasteiger partial charge in [-0.15, -0.1) is 10.2 Å². The summed E-state index contributed by atoms with van der Waals surface area (Å²) in [5.41, 5.74) is 6.34. The van der Waals surface area contributed by atoms with Crippen LogP contribution in [0.2, 0.25) is 0 Å². The molecule has 7 heteroatoms. The van der Waals surface area contributed by atoms with E-state index in [1.807, 2.05) is 61.5 Å². The fraction of sp³-hybridized carbons (Fsp3) is 0.120. The van der Waals surface area contributed by atoms with Crippen molar-refractivity contribution in [2.45, 2.75) is 20.3 Å². The van der Waals surface area contributed by atoms with Gasteiger partial charge >= 0.3 is 0 Å². The summed E-state index contributed by atoms with van der Waals surface area (Å²) in [4.78, 5) is 13.8. The third-order valence-electron chi connectivity index (χ3n) is 5.01. The van der Waals surface area contributed by atoms with Crippen LogP contribution in [0, 0.1) is 6.92 Å². The van der Waals surface area contributed by atoms with Crippen LogP contribution in [0.3, 0.4) is 0 Å². The van der Waals surface area contributed by atoms with Gasteiger partial charge in [0.25, 0.3) is 0 Å². The lowest BCUT2D eigenvalue weighted by atomic mass is 10.2. The van der Waals surface area contributed by atoms with Crippen molar-refractivity contribution >= 4 is 46.0 Å². The highest BCUT2D eigenvalue weighted by Gasteiger charge is 2.10. The average molecular weight is 442 g/mol. The Morgan fingerprint density at radius 3 is 2.41 bits per heavy atom. The number of aryl methyl sites for hydroxylation is 2. The highest BCUT2D eigenvalue weighted by molar-refractivity contribution is 7.80. The van der Waals surface area contributed by atoms with Crippen LogP contribution in [-0.2, 0) is 11.2 Å². The summed E-state index contributed by atoms with van der Waals surface area (Å²) in [7, 11) is 0. The summed E-state index contributed by atoms with van der Waals surface area (Å²) in [5, 5.41) is 15.2. The molecule has 6 nitrogen and oxygen atoms in total. The van der Waals surface area contributed by atoms with Crippen molar-refractivity contribution in [2.75, 3.05) is 5.32 Å². The molecule has 32 heavy (non-hydrogen) atoms. The van der Waals surface area contributed by atoms with Gasteiger partial charge in [-0.05, 0) is 72.6 Å². The van der Waals surface area contributed by atoms with Gasteiger partial charge in [-0.3, -0.25) is 10.1 Å². The Morgan fingerprint density at radius 2 is 1.72 bits per heavy atom. The van der Waals surface area contributed by atoms with E-state index in [2.05, 4.69) is 39.9 Å². The summed E-state index contributed by atoms with van der Waals surface area (Å²) < 4.78 is 0. The number of carbonyl (C=O) groups is 1. The topological polar surface area (TPSA) is 71.8 Å². The lowest BCUT2D eigenvalue weighted by Crippen LogP contribution is -2.33. The van der Waals surface area contributed by atoms with E-state index in [4.69, 9.17) is 12.2 Å². The third-order valence-corrected chi connectivity index (χ3v) is 5.22. The number of fused-ring (bicyclic) bond motifs is 1. The van der Waals surface area contributed by atoms with Crippen molar-refractivity contribution in [2.24, 2.45) is 0 Å². The van der Waals surface area contributed by atoms with Gasteiger partial charge in [-0.25, -0.2) is 0 Å². The standard InChI is InChI=1S/C25H23N5OS/c1-3-18-9-12-20(13-10-18)30-28-22-15-17(2)21(16-23(22)29-30)26-25(32)27-24(31)14-11-19-7-5-4-6-8-19/h4-16H,3H2,1-2H3,(H2,26,27,31,32)/b14-11+. The van der Waals surface area contributed by atoms with E-state index < -0.39 is 0 Å². The van der Waals surface area contributed by atoms with Crippen molar-refractivity contribution in [1.82, 2.24) is 20.3 Å². The van der Waals surface area contributed by atoms with E-state index in [0.717, 1.165) is 40.0 Å². The molecule has 0 unspecified atom stereocenters. The van der Waals surface area contributed by atoms with Crippen molar-refractivity contribution in [3.8, 4) is 5.69 Å². The molecule has 4 aromatic rings. The number of aromatic nitrogens is 3. The Labute approximate surface area is 192 Å². The van der Waals surface area contributed by atoms with E-state index in [-0.39, 0.29) is 11.0 Å². The van der Waals surface area contributed by atoms with Gasteiger partial charge in [0.15, 0.2) is 5.11 Å². The zero-order chi connectivity index (χ0) is 22.5.